The van der Waals surface area contributed by atoms with Gasteiger partial charge in [-0.25, -0.2) is 4.79 Å². The molecular weight excluding hydrogens is 288 g/mol. The molecule has 0 aliphatic carbocycles. The van der Waals surface area contributed by atoms with Crippen molar-refractivity contribution in [1.82, 2.24) is 9.13 Å². The van der Waals surface area contributed by atoms with Crippen molar-refractivity contribution >= 4 is 21.9 Å². The van der Waals surface area contributed by atoms with Gasteiger partial charge in [-0.05, 0) is 24.3 Å². The minimum absolute atomic E-state index is 0.406. The maximum Gasteiger partial charge on any atom is 0.333 e. The fourth-order valence-corrected chi connectivity index (χ4v) is 1.73. The molecule has 1 aromatic heterocycles. The summed E-state index contributed by atoms with van der Waals surface area (Å²) in [6.07, 6.45) is 2.94. The molecule has 5 nitrogen and oxygen atoms in total. The van der Waals surface area contributed by atoms with Crippen molar-refractivity contribution in [3.63, 3.8) is 0 Å². The SMILES string of the molecule is O=C([O-])Cn1ccn(-c2ccc(Br)cc2)c1=O. The summed E-state index contributed by atoms with van der Waals surface area (Å²) in [4.78, 5) is 22.2. The zero-order chi connectivity index (χ0) is 12.4. The van der Waals surface area contributed by atoms with Crippen LogP contribution in [0, 0.1) is 0 Å². The Morgan fingerprint density at radius 2 is 1.88 bits per heavy atom. The smallest absolute Gasteiger partial charge is 0.333 e. The Balaban J connectivity index is 2.40. The van der Waals surface area contributed by atoms with E-state index in [9.17, 15) is 14.7 Å². The molecule has 0 radical (unpaired) electrons. The lowest BCUT2D eigenvalue weighted by Gasteiger charge is -2.03. The zero-order valence-electron chi connectivity index (χ0n) is 8.67. The Morgan fingerprint density at radius 1 is 1.24 bits per heavy atom. The molecule has 6 heteroatoms. The first-order chi connectivity index (χ1) is 8.08. The van der Waals surface area contributed by atoms with Crippen LogP contribution >= 0.6 is 15.9 Å². The van der Waals surface area contributed by atoms with Crippen LogP contribution in [0.5, 0.6) is 0 Å². The molecule has 0 saturated heterocycles. The van der Waals surface area contributed by atoms with Gasteiger partial charge in [0.1, 0.15) is 0 Å². The molecule has 2 rings (SSSR count). The maximum absolute atomic E-state index is 11.8. The highest BCUT2D eigenvalue weighted by molar-refractivity contribution is 9.10. The molecule has 0 unspecified atom stereocenters. The van der Waals surface area contributed by atoms with E-state index in [-0.39, 0.29) is 0 Å². The van der Waals surface area contributed by atoms with Gasteiger partial charge in [0.2, 0.25) is 0 Å². The van der Waals surface area contributed by atoms with Crippen LogP contribution in [0.2, 0.25) is 0 Å². The number of rotatable bonds is 3. The third-order valence-electron chi connectivity index (χ3n) is 2.25. The average Bonchev–Trinajstić information content (AvgIpc) is 2.61. The number of hydrogen-bond acceptors (Lipinski definition) is 3. The lowest BCUT2D eigenvalue weighted by atomic mass is 10.3. The van der Waals surface area contributed by atoms with Gasteiger partial charge >= 0.3 is 5.69 Å². The fraction of sp³-hybridized carbons (Fsp3) is 0.0909. The van der Waals surface area contributed by atoms with E-state index in [2.05, 4.69) is 15.9 Å². The number of aromatic nitrogens is 2. The highest BCUT2D eigenvalue weighted by Gasteiger charge is 2.04. The summed E-state index contributed by atoms with van der Waals surface area (Å²) in [6.45, 7) is -0.442. The number of aliphatic carboxylic acids is 1. The summed E-state index contributed by atoms with van der Waals surface area (Å²) in [5, 5.41) is 10.4. The van der Waals surface area contributed by atoms with Crippen molar-refractivity contribution in [3.8, 4) is 5.69 Å². The number of nitrogens with zero attached hydrogens (tertiary/aromatic N) is 2. The van der Waals surface area contributed by atoms with Gasteiger partial charge in [0.15, 0.2) is 0 Å². The highest BCUT2D eigenvalue weighted by Crippen LogP contribution is 2.12. The molecule has 0 aliphatic rings. The van der Waals surface area contributed by atoms with Crippen LogP contribution in [0.15, 0.2) is 45.9 Å². The Hall–Kier alpha value is -1.82. The van der Waals surface area contributed by atoms with Gasteiger partial charge in [-0.3, -0.25) is 9.13 Å². The van der Waals surface area contributed by atoms with Crippen molar-refractivity contribution in [2.75, 3.05) is 0 Å². The zero-order valence-corrected chi connectivity index (χ0v) is 10.3. The maximum atomic E-state index is 11.8. The second-order valence-corrected chi connectivity index (χ2v) is 4.34. The molecule has 0 spiro atoms. The van der Waals surface area contributed by atoms with Crippen LogP contribution in [0.25, 0.3) is 5.69 Å². The van der Waals surface area contributed by atoms with Gasteiger partial charge in [-0.1, -0.05) is 15.9 Å². The first-order valence-electron chi connectivity index (χ1n) is 4.81. The van der Waals surface area contributed by atoms with Gasteiger partial charge in [-0.2, -0.15) is 0 Å². The van der Waals surface area contributed by atoms with Gasteiger partial charge in [0.05, 0.1) is 18.2 Å². The van der Waals surface area contributed by atoms with Crippen molar-refractivity contribution in [2.45, 2.75) is 6.54 Å². The van der Waals surface area contributed by atoms with E-state index in [0.29, 0.717) is 5.69 Å². The predicted molar refractivity (Wildman–Crippen MR) is 62.7 cm³/mol. The second-order valence-electron chi connectivity index (χ2n) is 3.43. The molecule has 1 heterocycles. The number of halogens is 1. The Morgan fingerprint density at radius 3 is 2.47 bits per heavy atom. The molecule has 1 aromatic carbocycles. The van der Waals surface area contributed by atoms with Crippen molar-refractivity contribution < 1.29 is 9.90 Å². The van der Waals surface area contributed by atoms with E-state index in [1.807, 2.05) is 0 Å². The summed E-state index contributed by atoms with van der Waals surface area (Å²) in [6, 6.07) is 7.12. The molecule has 17 heavy (non-hydrogen) atoms. The minimum atomic E-state index is -1.29. The van der Waals surface area contributed by atoms with Gasteiger partial charge < -0.3 is 9.90 Å². The average molecular weight is 296 g/mol. The molecule has 0 N–H and O–H groups in total. The summed E-state index contributed by atoms with van der Waals surface area (Å²) >= 11 is 3.30. The molecule has 0 saturated carbocycles. The molecular formula is C11H8BrN2O3-. The number of carbonyl (C=O) groups is 1. The molecule has 2 aromatic rings. The van der Waals surface area contributed by atoms with E-state index in [0.717, 1.165) is 9.04 Å². The topological polar surface area (TPSA) is 67.1 Å². The van der Waals surface area contributed by atoms with Crippen LogP contribution in [0.3, 0.4) is 0 Å². The first kappa shape index (κ1) is 11.7. The molecule has 88 valence electrons. The largest absolute Gasteiger partial charge is 0.548 e. The Labute approximate surface area is 105 Å². The Bertz CT molecular complexity index is 598. The van der Waals surface area contributed by atoms with E-state index in [1.54, 1.807) is 24.3 Å². The molecule has 0 bridgehead atoms. The lowest BCUT2D eigenvalue weighted by molar-refractivity contribution is -0.306. The fourth-order valence-electron chi connectivity index (χ4n) is 1.47. The lowest BCUT2D eigenvalue weighted by Crippen LogP contribution is -2.33. The monoisotopic (exact) mass is 295 g/mol. The van der Waals surface area contributed by atoms with Gasteiger partial charge in [0.25, 0.3) is 0 Å². The standard InChI is InChI=1S/C11H9BrN2O3/c12-8-1-3-9(4-2-8)14-6-5-13(11(14)17)7-10(15)16/h1-6H,7H2,(H,15,16)/p-1. The van der Waals surface area contributed by atoms with E-state index >= 15 is 0 Å². The van der Waals surface area contributed by atoms with Crippen LogP contribution in [0.4, 0.5) is 0 Å². The summed E-state index contributed by atoms with van der Waals surface area (Å²) in [5.74, 6) is -1.29. The molecule has 0 amide bonds. The van der Waals surface area contributed by atoms with Crippen LogP contribution < -0.4 is 10.8 Å². The van der Waals surface area contributed by atoms with Gasteiger partial charge in [0, 0.05) is 16.9 Å². The number of benzene rings is 1. The summed E-state index contributed by atoms with van der Waals surface area (Å²) in [5.41, 5.74) is 0.270. The quantitative estimate of drug-likeness (QED) is 0.810. The molecule has 0 fully saturated rings. The predicted octanol–water partition coefficient (Wildman–Crippen LogP) is 0.151. The van der Waals surface area contributed by atoms with E-state index in [4.69, 9.17) is 0 Å². The van der Waals surface area contributed by atoms with Crippen molar-refractivity contribution in [2.24, 2.45) is 0 Å². The third-order valence-corrected chi connectivity index (χ3v) is 2.78. The first-order valence-corrected chi connectivity index (χ1v) is 5.61. The van der Waals surface area contributed by atoms with Crippen LogP contribution in [-0.4, -0.2) is 15.1 Å². The second kappa shape index (κ2) is 4.58. The van der Waals surface area contributed by atoms with Crippen molar-refractivity contribution in [3.05, 3.63) is 51.6 Å². The van der Waals surface area contributed by atoms with Gasteiger partial charge in [-0.15, -0.1) is 0 Å². The van der Waals surface area contributed by atoms with E-state index in [1.165, 1.54) is 17.0 Å². The van der Waals surface area contributed by atoms with Crippen LogP contribution in [0.1, 0.15) is 0 Å². The third kappa shape index (κ3) is 2.47. The number of carbonyl (C=O) groups excluding carboxylic acids is 1. The number of imidazole rings is 1. The molecule has 0 atom stereocenters. The minimum Gasteiger partial charge on any atom is -0.548 e. The number of hydrogen-bond donors (Lipinski definition) is 0. The van der Waals surface area contributed by atoms with Crippen molar-refractivity contribution in [1.29, 1.82) is 0 Å². The summed E-state index contributed by atoms with van der Waals surface area (Å²) in [7, 11) is 0. The van der Waals surface area contributed by atoms with E-state index < -0.39 is 18.2 Å². The number of carboxylic acid groups (broad SMARTS) is 1. The number of carboxylic acids is 1. The normalized spacial score (nSPS) is 10.4. The Kier molecular flexibility index (Phi) is 3.14. The van der Waals surface area contributed by atoms with Crippen LogP contribution in [-0.2, 0) is 11.3 Å². The highest BCUT2D eigenvalue weighted by atomic mass is 79.9. The molecule has 0 aliphatic heterocycles. The summed E-state index contributed by atoms with van der Waals surface area (Å²) < 4.78 is 3.36.